The van der Waals surface area contributed by atoms with Gasteiger partial charge in [0, 0.05) is 20.0 Å². The fraction of sp³-hybridized carbons (Fsp3) is 0.417. The first-order valence-corrected chi connectivity index (χ1v) is 5.54. The van der Waals surface area contributed by atoms with Gasteiger partial charge in [0.25, 0.3) is 0 Å². The van der Waals surface area contributed by atoms with Crippen molar-refractivity contribution in [2.75, 3.05) is 6.54 Å². The molecule has 1 aromatic rings. The number of aliphatic hydroxyl groups is 2. The number of carbonyl (C=O) groups is 1. The van der Waals surface area contributed by atoms with Crippen LogP contribution in [0.5, 0.6) is 0 Å². The van der Waals surface area contributed by atoms with E-state index in [1.807, 2.05) is 0 Å². The molecule has 5 N–H and O–H groups in total. The van der Waals surface area contributed by atoms with Crippen molar-refractivity contribution in [2.45, 2.75) is 25.7 Å². The Bertz CT molecular complexity index is 426. The zero-order valence-corrected chi connectivity index (χ0v) is 10.1. The van der Waals surface area contributed by atoms with Crippen LogP contribution < -0.4 is 11.1 Å². The molecule has 0 spiro atoms. The van der Waals surface area contributed by atoms with Crippen LogP contribution in [0.4, 0.5) is 4.39 Å². The number of carbonyl (C=O) groups excluding carboxylic acids is 1. The van der Waals surface area contributed by atoms with Crippen LogP contribution in [-0.2, 0) is 11.3 Å². The van der Waals surface area contributed by atoms with E-state index in [0.717, 1.165) is 0 Å². The summed E-state index contributed by atoms with van der Waals surface area (Å²) in [5.41, 5.74) is 6.23. The van der Waals surface area contributed by atoms with Gasteiger partial charge in [-0.1, -0.05) is 6.07 Å². The molecule has 0 radical (unpaired) electrons. The first-order valence-electron chi connectivity index (χ1n) is 5.54. The molecular weight excluding hydrogens is 239 g/mol. The molecule has 0 heterocycles. The van der Waals surface area contributed by atoms with Crippen molar-refractivity contribution >= 4 is 5.91 Å². The van der Waals surface area contributed by atoms with Crippen molar-refractivity contribution in [1.82, 2.24) is 5.32 Å². The SMILES string of the molecule is CC(=O)NCC(O)C(O)c1ccc(F)cc1CN. The van der Waals surface area contributed by atoms with Gasteiger partial charge in [-0.2, -0.15) is 0 Å². The summed E-state index contributed by atoms with van der Waals surface area (Å²) in [7, 11) is 0. The van der Waals surface area contributed by atoms with Crippen molar-refractivity contribution in [3.05, 3.63) is 35.1 Å². The lowest BCUT2D eigenvalue weighted by Crippen LogP contribution is -2.34. The number of nitrogens with one attached hydrogen (secondary N) is 1. The zero-order valence-electron chi connectivity index (χ0n) is 10.1. The fourth-order valence-electron chi connectivity index (χ4n) is 1.61. The fourth-order valence-corrected chi connectivity index (χ4v) is 1.61. The Hall–Kier alpha value is -1.50. The number of halogens is 1. The van der Waals surface area contributed by atoms with Gasteiger partial charge in [0.2, 0.25) is 5.91 Å². The molecular formula is C12H17FN2O3. The van der Waals surface area contributed by atoms with Gasteiger partial charge < -0.3 is 21.3 Å². The summed E-state index contributed by atoms with van der Waals surface area (Å²) in [6.45, 7) is 1.28. The number of hydrogen-bond acceptors (Lipinski definition) is 4. The summed E-state index contributed by atoms with van der Waals surface area (Å²) in [5.74, 6) is -0.762. The lowest BCUT2D eigenvalue weighted by Gasteiger charge is -2.20. The highest BCUT2D eigenvalue weighted by molar-refractivity contribution is 5.72. The minimum atomic E-state index is -1.23. The minimum Gasteiger partial charge on any atom is -0.388 e. The van der Waals surface area contributed by atoms with Crippen LogP contribution in [0.15, 0.2) is 18.2 Å². The van der Waals surface area contributed by atoms with Crippen LogP contribution in [0.25, 0.3) is 0 Å². The summed E-state index contributed by atoms with van der Waals surface area (Å²) in [6, 6.07) is 3.77. The molecule has 1 amide bonds. The Kier molecular flexibility index (Phi) is 5.21. The molecule has 6 heteroatoms. The molecule has 2 unspecified atom stereocenters. The molecule has 0 aliphatic carbocycles. The lowest BCUT2D eigenvalue weighted by molar-refractivity contribution is -0.119. The van der Waals surface area contributed by atoms with E-state index in [0.29, 0.717) is 11.1 Å². The van der Waals surface area contributed by atoms with Gasteiger partial charge in [0.1, 0.15) is 18.0 Å². The molecule has 18 heavy (non-hydrogen) atoms. The summed E-state index contributed by atoms with van der Waals surface area (Å²) in [5, 5.41) is 22.0. The largest absolute Gasteiger partial charge is 0.388 e. The Morgan fingerprint density at radius 2 is 2.17 bits per heavy atom. The van der Waals surface area contributed by atoms with E-state index in [-0.39, 0.29) is 19.0 Å². The standard InChI is InChI=1S/C12H17FN2O3/c1-7(16)15-6-11(17)12(18)10-3-2-9(13)4-8(10)5-14/h2-4,11-12,17-18H,5-6,14H2,1H3,(H,15,16). The molecule has 0 bridgehead atoms. The van der Waals surface area contributed by atoms with E-state index in [2.05, 4.69) is 5.32 Å². The minimum absolute atomic E-state index is 0.0526. The quantitative estimate of drug-likeness (QED) is 0.587. The molecule has 0 saturated heterocycles. The van der Waals surface area contributed by atoms with Gasteiger partial charge in [0.15, 0.2) is 0 Å². The summed E-state index contributed by atoms with van der Waals surface area (Å²) < 4.78 is 13.0. The van der Waals surface area contributed by atoms with Crippen LogP contribution in [0.1, 0.15) is 24.2 Å². The molecule has 0 saturated carbocycles. The predicted molar refractivity (Wildman–Crippen MR) is 63.9 cm³/mol. The molecule has 100 valence electrons. The van der Waals surface area contributed by atoms with E-state index in [1.54, 1.807) is 0 Å². The maximum Gasteiger partial charge on any atom is 0.216 e. The Morgan fingerprint density at radius 1 is 1.50 bits per heavy atom. The van der Waals surface area contributed by atoms with E-state index in [9.17, 15) is 19.4 Å². The van der Waals surface area contributed by atoms with Gasteiger partial charge in [-0.25, -0.2) is 4.39 Å². The molecule has 0 fully saturated rings. The van der Waals surface area contributed by atoms with Gasteiger partial charge in [-0.05, 0) is 23.3 Å². The van der Waals surface area contributed by atoms with Gasteiger partial charge >= 0.3 is 0 Å². The number of benzene rings is 1. The topological polar surface area (TPSA) is 95.6 Å². The first kappa shape index (κ1) is 14.6. The predicted octanol–water partition coefficient (Wildman–Crippen LogP) is -0.185. The van der Waals surface area contributed by atoms with Crippen molar-refractivity contribution in [1.29, 1.82) is 0 Å². The van der Waals surface area contributed by atoms with E-state index in [1.165, 1.54) is 25.1 Å². The van der Waals surface area contributed by atoms with E-state index < -0.39 is 18.0 Å². The average molecular weight is 256 g/mol. The lowest BCUT2D eigenvalue weighted by atomic mass is 9.98. The Balaban J connectivity index is 2.82. The normalized spacial score (nSPS) is 14.1. The number of aliphatic hydroxyl groups excluding tert-OH is 2. The molecule has 2 atom stereocenters. The second kappa shape index (κ2) is 6.44. The molecule has 0 aliphatic rings. The highest BCUT2D eigenvalue weighted by atomic mass is 19.1. The molecule has 1 aromatic carbocycles. The Morgan fingerprint density at radius 3 is 2.72 bits per heavy atom. The highest BCUT2D eigenvalue weighted by Crippen LogP contribution is 2.21. The second-order valence-corrected chi connectivity index (χ2v) is 4.00. The number of rotatable bonds is 5. The third-order valence-electron chi connectivity index (χ3n) is 2.57. The first-order chi connectivity index (χ1) is 8.45. The van der Waals surface area contributed by atoms with Crippen LogP contribution in [0.3, 0.4) is 0 Å². The van der Waals surface area contributed by atoms with Crippen molar-refractivity contribution in [2.24, 2.45) is 5.73 Å². The van der Waals surface area contributed by atoms with Gasteiger partial charge in [-0.3, -0.25) is 4.79 Å². The zero-order chi connectivity index (χ0) is 13.7. The molecule has 0 aromatic heterocycles. The third-order valence-corrected chi connectivity index (χ3v) is 2.57. The van der Waals surface area contributed by atoms with E-state index >= 15 is 0 Å². The molecule has 0 aliphatic heterocycles. The smallest absolute Gasteiger partial charge is 0.216 e. The maximum absolute atomic E-state index is 13.0. The maximum atomic E-state index is 13.0. The third kappa shape index (κ3) is 3.76. The van der Waals surface area contributed by atoms with Crippen LogP contribution in [-0.4, -0.2) is 28.8 Å². The summed E-state index contributed by atoms with van der Waals surface area (Å²) >= 11 is 0. The number of hydrogen-bond donors (Lipinski definition) is 4. The van der Waals surface area contributed by atoms with E-state index in [4.69, 9.17) is 5.73 Å². The second-order valence-electron chi connectivity index (χ2n) is 4.00. The molecule has 5 nitrogen and oxygen atoms in total. The van der Waals surface area contributed by atoms with Crippen LogP contribution in [0.2, 0.25) is 0 Å². The summed E-state index contributed by atoms with van der Waals surface area (Å²) in [6.07, 6.45) is -2.40. The average Bonchev–Trinajstić information content (AvgIpc) is 2.34. The molecule has 1 rings (SSSR count). The van der Waals surface area contributed by atoms with Gasteiger partial charge in [-0.15, -0.1) is 0 Å². The van der Waals surface area contributed by atoms with Crippen molar-refractivity contribution in [3.63, 3.8) is 0 Å². The highest BCUT2D eigenvalue weighted by Gasteiger charge is 2.21. The Labute approximate surface area is 104 Å². The van der Waals surface area contributed by atoms with Crippen LogP contribution >= 0.6 is 0 Å². The van der Waals surface area contributed by atoms with Crippen molar-refractivity contribution in [3.8, 4) is 0 Å². The summed E-state index contributed by atoms with van der Waals surface area (Å²) in [4.78, 5) is 10.7. The van der Waals surface area contributed by atoms with Crippen molar-refractivity contribution < 1.29 is 19.4 Å². The van der Waals surface area contributed by atoms with Crippen LogP contribution in [0, 0.1) is 5.82 Å². The monoisotopic (exact) mass is 256 g/mol. The number of amides is 1. The number of nitrogens with two attached hydrogens (primary N) is 1. The van der Waals surface area contributed by atoms with Gasteiger partial charge in [0.05, 0.1) is 0 Å².